The van der Waals surface area contributed by atoms with E-state index in [0.29, 0.717) is 0 Å². The van der Waals surface area contributed by atoms with Crippen LogP contribution in [-0.2, 0) is 4.43 Å². The van der Waals surface area contributed by atoms with Crippen molar-refractivity contribution in [1.82, 2.24) is 0 Å². The molecule has 0 fully saturated rings. The van der Waals surface area contributed by atoms with Gasteiger partial charge in [-0.15, -0.1) is 0 Å². The fourth-order valence-corrected chi connectivity index (χ4v) is 7.07. The maximum absolute atomic E-state index is 6.42. The molecule has 3 heteroatoms. The Hall–Kier alpha value is -1.50. The van der Waals surface area contributed by atoms with E-state index in [2.05, 4.69) is 97.3 Å². The van der Waals surface area contributed by atoms with Gasteiger partial charge in [-0.25, -0.2) is 0 Å². The van der Waals surface area contributed by atoms with Crippen LogP contribution in [0.25, 0.3) is 0 Å². The van der Waals surface area contributed by atoms with Crippen molar-refractivity contribution < 1.29 is 4.43 Å². The van der Waals surface area contributed by atoms with E-state index in [9.17, 15) is 0 Å². The molecule has 2 aromatic carbocycles. The Morgan fingerprint density at radius 3 is 1.70 bits per heavy atom. The molecular formula is C20H23BrOSi. The summed E-state index contributed by atoms with van der Waals surface area (Å²) in [4.78, 5) is 0.112. The minimum atomic E-state index is -2.51. The fraction of sp³-hybridized carbons (Fsp3) is 0.300. The first-order valence-electron chi connectivity index (χ1n) is 7.81. The largest absolute Gasteiger partial charge is 0.489 e. The highest BCUT2D eigenvalue weighted by Gasteiger charge is 2.52. The lowest BCUT2D eigenvalue weighted by molar-refractivity contribution is 0.476. The van der Waals surface area contributed by atoms with E-state index >= 15 is 0 Å². The van der Waals surface area contributed by atoms with Gasteiger partial charge in [0.15, 0.2) is 0 Å². The smallest absolute Gasteiger partial charge is 0.332 e. The van der Waals surface area contributed by atoms with Gasteiger partial charge in [0.1, 0.15) is 0 Å². The molecule has 0 radical (unpaired) electrons. The number of halogens is 1. The standard InChI is InChI=1S/C20H23BrOSi/c1-17(21)15-16-22-23(20(2,3)4,18-11-7-5-8-12-18)19-13-9-6-10-14-19/h5-14,17H,1-4H3/t17-/m1/s1. The predicted molar refractivity (Wildman–Crippen MR) is 105 cm³/mol. The third kappa shape index (κ3) is 3.88. The SMILES string of the molecule is C[C@@H](Br)C#CO[Si](c1ccccc1)(c1ccccc1)C(C)(C)C. The Balaban J connectivity index is 2.68. The lowest BCUT2D eigenvalue weighted by Gasteiger charge is -2.40. The summed E-state index contributed by atoms with van der Waals surface area (Å²) in [6.07, 6.45) is 2.99. The molecule has 1 nitrogen and oxygen atoms in total. The summed E-state index contributed by atoms with van der Waals surface area (Å²) in [5.74, 6) is 3.09. The summed E-state index contributed by atoms with van der Waals surface area (Å²) in [6.45, 7) is 8.75. The topological polar surface area (TPSA) is 9.23 Å². The Bertz CT molecular complexity index is 639. The molecule has 0 aliphatic rings. The van der Waals surface area contributed by atoms with Gasteiger partial charge >= 0.3 is 8.32 Å². The quantitative estimate of drug-likeness (QED) is 0.433. The number of hydrogen-bond acceptors (Lipinski definition) is 1. The number of rotatable bonds is 3. The number of benzene rings is 2. The zero-order chi connectivity index (χ0) is 16.9. The van der Waals surface area contributed by atoms with Gasteiger partial charge in [0.05, 0.1) is 10.9 Å². The van der Waals surface area contributed by atoms with E-state index in [4.69, 9.17) is 4.43 Å². The molecule has 120 valence electrons. The maximum Gasteiger partial charge on any atom is 0.332 e. The van der Waals surface area contributed by atoms with Crippen LogP contribution in [0, 0.1) is 12.0 Å². The highest BCUT2D eigenvalue weighted by molar-refractivity contribution is 9.09. The lowest BCUT2D eigenvalue weighted by atomic mass is 10.2. The van der Waals surface area contributed by atoms with Crippen molar-refractivity contribution in [3.8, 4) is 12.0 Å². The number of hydrogen-bond donors (Lipinski definition) is 0. The molecule has 0 aromatic heterocycles. The Labute approximate surface area is 149 Å². The summed E-state index contributed by atoms with van der Waals surface area (Å²) in [7, 11) is -2.51. The molecule has 0 heterocycles. The van der Waals surface area contributed by atoms with Crippen LogP contribution in [-0.4, -0.2) is 13.1 Å². The van der Waals surface area contributed by atoms with Gasteiger partial charge < -0.3 is 4.43 Å². The Morgan fingerprint density at radius 1 is 0.913 bits per heavy atom. The zero-order valence-electron chi connectivity index (χ0n) is 14.1. The minimum absolute atomic E-state index is 0.0417. The molecule has 0 spiro atoms. The van der Waals surface area contributed by atoms with Crippen LogP contribution in [0.15, 0.2) is 60.7 Å². The summed E-state index contributed by atoms with van der Waals surface area (Å²) in [5, 5.41) is 2.45. The van der Waals surface area contributed by atoms with Crippen molar-refractivity contribution in [3.63, 3.8) is 0 Å². The van der Waals surface area contributed by atoms with Crippen LogP contribution < -0.4 is 10.4 Å². The molecule has 0 saturated carbocycles. The molecule has 2 rings (SSSR count). The fourth-order valence-electron chi connectivity index (χ4n) is 2.84. The summed E-state index contributed by atoms with van der Waals surface area (Å²) in [5.41, 5.74) is 0. The van der Waals surface area contributed by atoms with Crippen LogP contribution in [0.3, 0.4) is 0 Å². The molecule has 0 aliphatic heterocycles. The van der Waals surface area contributed by atoms with Crippen LogP contribution >= 0.6 is 15.9 Å². The van der Waals surface area contributed by atoms with Gasteiger partial charge in [0.25, 0.3) is 0 Å². The first-order valence-corrected chi connectivity index (χ1v) is 10.6. The number of alkyl halides is 1. The van der Waals surface area contributed by atoms with Gasteiger partial charge in [-0.1, -0.05) is 97.4 Å². The normalized spacial score (nSPS) is 12.9. The van der Waals surface area contributed by atoms with Gasteiger partial charge in [-0.05, 0) is 23.2 Å². The first-order chi connectivity index (χ1) is 10.9. The van der Waals surface area contributed by atoms with E-state index in [1.807, 2.05) is 19.1 Å². The van der Waals surface area contributed by atoms with Crippen LogP contribution in [0.5, 0.6) is 0 Å². The van der Waals surface area contributed by atoms with Crippen LogP contribution in [0.4, 0.5) is 0 Å². The minimum Gasteiger partial charge on any atom is -0.489 e. The molecule has 2 aromatic rings. The lowest BCUT2D eigenvalue weighted by Crippen LogP contribution is -2.65. The molecular weight excluding hydrogens is 364 g/mol. The molecule has 0 N–H and O–H groups in total. The van der Waals surface area contributed by atoms with Crippen molar-refractivity contribution in [2.24, 2.45) is 0 Å². The van der Waals surface area contributed by atoms with E-state index in [-0.39, 0.29) is 9.87 Å². The average Bonchev–Trinajstić information content (AvgIpc) is 2.52. The Kier molecular flexibility index (Phi) is 5.72. The van der Waals surface area contributed by atoms with E-state index in [0.717, 1.165) is 0 Å². The molecule has 0 amide bonds. The Morgan fingerprint density at radius 2 is 1.35 bits per heavy atom. The van der Waals surface area contributed by atoms with Gasteiger partial charge in [0, 0.05) is 5.04 Å². The summed E-state index contributed by atoms with van der Waals surface area (Å²) >= 11 is 3.47. The summed E-state index contributed by atoms with van der Waals surface area (Å²) in [6, 6.07) is 21.1. The van der Waals surface area contributed by atoms with E-state index in [1.54, 1.807) is 0 Å². The van der Waals surface area contributed by atoms with Crippen molar-refractivity contribution >= 4 is 34.6 Å². The predicted octanol–water partition coefficient (Wildman–Crippen LogP) is 4.31. The second-order valence-corrected chi connectivity index (χ2v) is 12.2. The third-order valence-electron chi connectivity index (χ3n) is 3.88. The second kappa shape index (κ2) is 7.38. The second-order valence-electron chi connectivity index (χ2n) is 6.63. The highest BCUT2D eigenvalue weighted by atomic mass is 79.9. The highest BCUT2D eigenvalue weighted by Crippen LogP contribution is 2.36. The van der Waals surface area contributed by atoms with E-state index in [1.165, 1.54) is 10.4 Å². The van der Waals surface area contributed by atoms with Gasteiger partial charge in [0.2, 0.25) is 0 Å². The molecule has 0 saturated heterocycles. The molecule has 0 bridgehead atoms. The zero-order valence-corrected chi connectivity index (χ0v) is 16.7. The monoisotopic (exact) mass is 386 g/mol. The van der Waals surface area contributed by atoms with Gasteiger partial charge in [-0.2, -0.15) is 0 Å². The molecule has 0 aliphatic carbocycles. The molecule has 23 heavy (non-hydrogen) atoms. The maximum atomic E-state index is 6.42. The van der Waals surface area contributed by atoms with Crippen molar-refractivity contribution in [3.05, 3.63) is 60.7 Å². The molecule has 0 unspecified atom stereocenters. The summed E-state index contributed by atoms with van der Waals surface area (Å²) < 4.78 is 6.42. The average molecular weight is 387 g/mol. The molecule has 1 atom stereocenters. The first kappa shape index (κ1) is 17.8. The van der Waals surface area contributed by atoms with Crippen molar-refractivity contribution in [1.29, 1.82) is 0 Å². The van der Waals surface area contributed by atoms with Crippen molar-refractivity contribution in [2.75, 3.05) is 0 Å². The van der Waals surface area contributed by atoms with Crippen LogP contribution in [0.1, 0.15) is 27.7 Å². The van der Waals surface area contributed by atoms with Crippen molar-refractivity contribution in [2.45, 2.75) is 37.6 Å². The third-order valence-corrected chi connectivity index (χ3v) is 8.92. The van der Waals surface area contributed by atoms with Gasteiger partial charge in [-0.3, -0.25) is 0 Å². The van der Waals surface area contributed by atoms with Crippen LogP contribution in [0.2, 0.25) is 5.04 Å². The van der Waals surface area contributed by atoms with E-state index < -0.39 is 8.32 Å².